The Morgan fingerprint density at radius 3 is 2.29 bits per heavy atom. The van der Waals surface area contributed by atoms with Gasteiger partial charge in [0.15, 0.2) is 5.69 Å². The first-order valence-corrected chi connectivity index (χ1v) is 7.87. The smallest absolute Gasteiger partial charge is 0.214 e. The summed E-state index contributed by atoms with van der Waals surface area (Å²) >= 11 is 0. The van der Waals surface area contributed by atoms with E-state index in [4.69, 9.17) is 5.21 Å². The van der Waals surface area contributed by atoms with Crippen LogP contribution < -0.4 is 10.5 Å². The zero-order valence-corrected chi connectivity index (χ0v) is 12.2. The number of anilines is 1. The molecular weight excluding hydrogens is 292 g/mol. The zero-order valence-electron chi connectivity index (χ0n) is 11.4. The molecule has 6 nitrogen and oxygen atoms in total. The molecule has 2 aromatic rings. The van der Waals surface area contributed by atoms with Crippen molar-refractivity contribution in [2.45, 2.75) is 16.7 Å². The summed E-state index contributed by atoms with van der Waals surface area (Å²) in [5.41, 5.74) is 0.226. The van der Waals surface area contributed by atoms with E-state index in [-0.39, 0.29) is 15.5 Å². The highest BCUT2D eigenvalue weighted by Crippen LogP contribution is 2.30. The van der Waals surface area contributed by atoms with Gasteiger partial charge in [0.05, 0.1) is 10.6 Å². The Kier molecular flexibility index (Phi) is 4.59. The molecule has 0 aliphatic carbocycles. The zero-order chi connectivity index (χ0) is 15.5. The molecule has 0 bridgehead atoms. The molecule has 2 rings (SSSR count). The van der Waals surface area contributed by atoms with Crippen LogP contribution in [0.15, 0.2) is 58.3 Å². The van der Waals surface area contributed by atoms with E-state index in [2.05, 4.69) is 5.32 Å². The third-order valence-corrected chi connectivity index (χ3v) is 4.82. The Bertz CT molecular complexity index is 729. The van der Waals surface area contributed by atoms with Crippen LogP contribution >= 0.6 is 0 Å². The summed E-state index contributed by atoms with van der Waals surface area (Å²) in [6.07, 6.45) is 0. The van der Waals surface area contributed by atoms with E-state index in [0.29, 0.717) is 12.2 Å². The molecule has 1 unspecified atom stereocenters. The van der Waals surface area contributed by atoms with Gasteiger partial charge >= 0.3 is 0 Å². The summed E-state index contributed by atoms with van der Waals surface area (Å²) in [5, 5.41) is 22.1. The minimum absolute atomic E-state index is 0.0700. The minimum atomic E-state index is -3.91. The van der Waals surface area contributed by atoms with Crippen LogP contribution in [0.5, 0.6) is 0 Å². The first-order valence-electron chi connectivity index (χ1n) is 6.38. The Labute approximate surface area is 123 Å². The standard InChI is InChI=1S/C14H16N2O4S/c1-2-15-11-7-3-5-9-13(11)21(19,20)14-10-6-4-8-12(14)16(17)18/h3-10,15-17H,2H2,1H3. The van der Waals surface area contributed by atoms with Gasteiger partial charge < -0.3 is 10.5 Å². The van der Waals surface area contributed by atoms with Crippen molar-refractivity contribution in [1.82, 2.24) is 0 Å². The summed E-state index contributed by atoms with van der Waals surface area (Å²) in [6, 6.07) is 12.0. The molecule has 2 aromatic carbocycles. The van der Waals surface area contributed by atoms with Crippen molar-refractivity contribution in [2.24, 2.45) is 0 Å². The number of nitrogens with one attached hydrogen (secondary N) is 2. The predicted molar refractivity (Wildman–Crippen MR) is 78.3 cm³/mol. The maximum atomic E-state index is 12.8. The molecule has 0 amide bonds. The van der Waals surface area contributed by atoms with Gasteiger partial charge in [-0.05, 0) is 25.1 Å². The number of sulfone groups is 1. The first-order chi connectivity index (χ1) is 9.98. The Morgan fingerprint density at radius 1 is 1.10 bits per heavy atom. The first kappa shape index (κ1) is 15.5. The van der Waals surface area contributed by atoms with Crippen LogP contribution in [0.2, 0.25) is 0 Å². The van der Waals surface area contributed by atoms with E-state index in [9.17, 15) is 13.6 Å². The Balaban J connectivity index is 2.64. The maximum absolute atomic E-state index is 12.8. The number of para-hydroxylation sites is 2. The second-order valence-corrected chi connectivity index (χ2v) is 6.22. The average Bonchev–Trinajstić information content (AvgIpc) is 2.48. The molecule has 0 fully saturated rings. The lowest BCUT2D eigenvalue weighted by molar-refractivity contribution is -0.992. The lowest BCUT2D eigenvalue weighted by Gasteiger charge is -2.17. The van der Waals surface area contributed by atoms with Crippen LogP contribution in [0.3, 0.4) is 0 Å². The largest absolute Gasteiger partial charge is 0.595 e. The van der Waals surface area contributed by atoms with Crippen LogP contribution in [0, 0.1) is 5.21 Å². The van der Waals surface area contributed by atoms with E-state index < -0.39 is 15.1 Å². The number of quaternary nitrogens is 1. The van der Waals surface area contributed by atoms with Crippen LogP contribution in [-0.2, 0) is 9.84 Å². The third-order valence-electron chi connectivity index (χ3n) is 2.95. The molecule has 0 aliphatic rings. The molecule has 7 heteroatoms. The van der Waals surface area contributed by atoms with Crippen molar-refractivity contribution in [3.63, 3.8) is 0 Å². The molecule has 0 aliphatic heterocycles. The quantitative estimate of drug-likeness (QED) is 0.725. The third kappa shape index (κ3) is 3.06. The highest BCUT2D eigenvalue weighted by molar-refractivity contribution is 7.91. The topological polar surface area (TPSA) is 93.9 Å². The molecular formula is C14H16N2O4S. The molecule has 0 saturated carbocycles. The van der Waals surface area contributed by atoms with Gasteiger partial charge in [-0.25, -0.2) is 13.6 Å². The van der Waals surface area contributed by atoms with Crippen LogP contribution in [0.4, 0.5) is 11.4 Å². The summed E-state index contributed by atoms with van der Waals surface area (Å²) in [5.74, 6) is 0. The molecule has 3 N–H and O–H groups in total. The average molecular weight is 308 g/mol. The molecule has 1 atom stereocenters. The van der Waals surface area contributed by atoms with Gasteiger partial charge in [0, 0.05) is 12.6 Å². The molecule has 0 heterocycles. The number of hydrogen-bond acceptors (Lipinski definition) is 5. The summed E-state index contributed by atoms with van der Waals surface area (Å²) < 4.78 is 25.5. The molecule has 21 heavy (non-hydrogen) atoms. The maximum Gasteiger partial charge on any atom is 0.214 e. The number of rotatable bonds is 5. The van der Waals surface area contributed by atoms with Crippen LogP contribution in [0.1, 0.15) is 6.92 Å². The molecule has 0 radical (unpaired) electrons. The van der Waals surface area contributed by atoms with E-state index >= 15 is 0 Å². The van der Waals surface area contributed by atoms with Crippen molar-refractivity contribution in [1.29, 1.82) is 0 Å². The van der Waals surface area contributed by atoms with Crippen molar-refractivity contribution >= 4 is 21.2 Å². The lowest BCUT2D eigenvalue weighted by atomic mass is 10.3. The van der Waals surface area contributed by atoms with Gasteiger partial charge in [-0.2, -0.15) is 5.23 Å². The fraction of sp³-hybridized carbons (Fsp3) is 0.143. The number of hydrogen-bond donors (Lipinski definition) is 3. The summed E-state index contributed by atoms with van der Waals surface area (Å²) in [4.78, 5) is -0.136. The van der Waals surface area contributed by atoms with Crippen molar-refractivity contribution in [3.8, 4) is 0 Å². The summed E-state index contributed by atoms with van der Waals surface area (Å²) in [6.45, 7) is 2.42. The van der Waals surface area contributed by atoms with Gasteiger partial charge in [0.1, 0.15) is 4.90 Å². The Morgan fingerprint density at radius 2 is 1.67 bits per heavy atom. The molecule has 0 aromatic heterocycles. The van der Waals surface area contributed by atoms with Gasteiger partial charge in [0.25, 0.3) is 0 Å². The van der Waals surface area contributed by atoms with Crippen LogP contribution in [0.25, 0.3) is 0 Å². The van der Waals surface area contributed by atoms with E-state index in [0.717, 1.165) is 0 Å². The van der Waals surface area contributed by atoms with E-state index in [1.807, 2.05) is 6.92 Å². The SMILES string of the molecule is CCNc1ccccc1S(=O)(=O)c1ccccc1[NH+]([O-])O. The van der Waals surface area contributed by atoms with Gasteiger partial charge in [-0.3, -0.25) is 0 Å². The fourth-order valence-corrected chi connectivity index (χ4v) is 3.66. The summed E-state index contributed by atoms with van der Waals surface area (Å²) in [7, 11) is -3.91. The van der Waals surface area contributed by atoms with Crippen molar-refractivity contribution in [2.75, 3.05) is 11.9 Å². The highest BCUT2D eigenvalue weighted by Gasteiger charge is 2.26. The van der Waals surface area contributed by atoms with E-state index in [1.54, 1.807) is 18.2 Å². The Hall–Kier alpha value is -1.93. The fourth-order valence-electron chi connectivity index (χ4n) is 2.03. The van der Waals surface area contributed by atoms with Gasteiger partial charge in [0.2, 0.25) is 9.84 Å². The minimum Gasteiger partial charge on any atom is -0.595 e. The lowest BCUT2D eigenvalue weighted by Crippen LogP contribution is -2.99. The second kappa shape index (κ2) is 6.23. The predicted octanol–water partition coefficient (Wildman–Crippen LogP) is 1.35. The molecule has 0 spiro atoms. The molecule has 0 saturated heterocycles. The van der Waals surface area contributed by atoms with Crippen molar-refractivity contribution < 1.29 is 18.9 Å². The number of benzene rings is 2. The van der Waals surface area contributed by atoms with E-state index in [1.165, 1.54) is 30.3 Å². The van der Waals surface area contributed by atoms with Gasteiger partial charge in [-0.1, -0.05) is 24.3 Å². The van der Waals surface area contributed by atoms with Crippen molar-refractivity contribution in [3.05, 3.63) is 53.7 Å². The second-order valence-electron chi connectivity index (χ2n) is 4.33. The van der Waals surface area contributed by atoms with Gasteiger partial charge in [-0.15, -0.1) is 0 Å². The van der Waals surface area contributed by atoms with Crippen LogP contribution in [-0.4, -0.2) is 20.2 Å². The molecule has 112 valence electrons. The highest BCUT2D eigenvalue weighted by atomic mass is 32.2. The monoisotopic (exact) mass is 308 g/mol. The normalized spacial score (nSPS) is 12.9.